The number of benzene rings is 2. The number of carbonyl (C=O) groups is 2. The summed E-state index contributed by atoms with van der Waals surface area (Å²) in [4.78, 5) is 28.6. The molecule has 8 nitrogen and oxygen atoms in total. The highest BCUT2D eigenvalue weighted by atomic mass is 35.5. The highest BCUT2D eigenvalue weighted by Crippen LogP contribution is 2.26. The maximum absolute atomic E-state index is 12.3. The number of ketones is 2. The molecule has 1 heterocycles. The third kappa shape index (κ3) is 6.24. The average Bonchev–Trinajstić information content (AvgIpc) is 2.67. The molecular weight excluding hydrogens is 435 g/mol. The van der Waals surface area contributed by atoms with E-state index in [1.807, 2.05) is 9.80 Å². The number of aromatic hydroxyl groups is 4. The summed E-state index contributed by atoms with van der Waals surface area (Å²) >= 11 is 0. The summed E-state index contributed by atoms with van der Waals surface area (Å²) in [6.45, 7) is 2.84. The first-order valence-corrected chi connectivity index (χ1v) is 8.88. The topological polar surface area (TPSA) is 122 Å². The molecule has 0 radical (unpaired) electrons. The first-order chi connectivity index (χ1) is 13.3. The summed E-state index contributed by atoms with van der Waals surface area (Å²) in [5.41, 5.74) is 0.667. The highest BCUT2D eigenvalue weighted by Gasteiger charge is 2.22. The van der Waals surface area contributed by atoms with Crippen LogP contribution in [0.5, 0.6) is 23.0 Å². The molecule has 0 unspecified atom stereocenters. The molecule has 10 heteroatoms. The minimum absolute atomic E-state index is 0. The molecule has 0 amide bonds. The number of nitrogens with zero attached hydrogens (tertiary/aromatic N) is 2. The summed E-state index contributed by atoms with van der Waals surface area (Å²) in [5.74, 6) is -1.49. The van der Waals surface area contributed by atoms with Crippen molar-refractivity contribution in [1.29, 1.82) is 0 Å². The van der Waals surface area contributed by atoms with Crippen LogP contribution in [0.2, 0.25) is 0 Å². The summed E-state index contributed by atoms with van der Waals surface area (Å²) in [7, 11) is 0. The molecule has 1 saturated heterocycles. The number of halogens is 2. The molecule has 3 rings (SSSR count). The maximum atomic E-state index is 12.3. The second-order valence-electron chi connectivity index (χ2n) is 6.81. The van der Waals surface area contributed by atoms with E-state index in [9.17, 15) is 30.0 Å². The summed E-state index contributed by atoms with van der Waals surface area (Å²) in [6, 6.07) is 8.01. The number of phenolic OH excluding ortho intramolecular Hbond substituents is 4. The lowest BCUT2D eigenvalue weighted by atomic mass is 10.1. The van der Waals surface area contributed by atoms with Gasteiger partial charge in [-0.25, -0.2) is 0 Å². The fraction of sp³-hybridized carbons (Fsp3) is 0.300. The predicted octanol–water partition coefficient (Wildman–Crippen LogP) is 2.04. The van der Waals surface area contributed by atoms with Gasteiger partial charge in [-0.05, 0) is 36.4 Å². The van der Waals surface area contributed by atoms with Crippen LogP contribution in [-0.4, -0.2) is 81.1 Å². The van der Waals surface area contributed by atoms with Crippen LogP contribution in [0.3, 0.4) is 0 Å². The van der Waals surface area contributed by atoms with Crippen LogP contribution in [0.25, 0.3) is 0 Å². The number of phenols is 4. The Morgan fingerprint density at radius 2 is 0.967 bits per heavy atom. The third-order valence-electron chi connectivity index (χ3n) is 4.79. The van der Waals surface area contributed by atoms with Gasteiger partial charge in [-0.3, -0.25) is 19.4 Å². The van der Waals surface area contributed by atoms with Gasteiger partial charge in [-0.2, -0.15) is 0 Å². The van der Waals surface area contributed by atoms with Crippen LogP contribution in [0, 0.1) is 0 Å². The van der Waals surface area contributed by atoms with Crippen molar-refractivity contribution in [3.05, 3.63) is 47.5 Å². The monoisotopic (exact) mass is 458 g/mol. The van der Waals surface area contributed by atoms with Crippen molar-refractivity contribution in [2.75, 3.05) is 39.3 Å². The standard InChI is InChI=1S/C20H22N2O6.2ClH/c23-15-3-1-13(9-17(15)25)19(27)11-21-5-7-22(8-6-21)12-20(28)14-2-4-16(24)18(26)10-14;;/h1-4,9-10,23-26H,5-8,11-12H2;2*1H. The lowest BCUT2D eigenvalue weighted by Crippen LogP contribution is -2.49. The lowest BCUT2D eigenvalue weighted by molar-refractivity contribution is 0.0782. The number of hydrogen-bond acceptors (Lipinski definition) is 8. The van der Waals surface area contributed by atoms with E-state index < -0.39 is 0 Å². The van der Waals surface area contributed by atoms with Crippen molar-refractivity contribution in [2.45, 2.75) is 0 Å². The molecule has 30 heavy (non-hydrogen) atoms. The molecule has 0 spiro atoms. The zero-order valence-electron chi connectivity index (χ0n) is 16.0. The predicted molar refractivity (Wildman–Crippen MR) is 116 cm³/mol. The molecule has 0 aliphatic carbocycles. The third-order valence-corrected chi connectivity index (χ3v) is 4.79. The molecule has 0 aromatic heterocycles. The number of Topliss-reactive ketones (excluding diaryl/α,β-unsaturated/α-hetero) is 2. The fourth-order valence-corrected chi connectivity index (χ4v) is 3.09. The normalized spacial score (nSPS) is 14.4. The first-order valence-electron chi connectivity index (χ1n) is 8.88. The zero-order chi connectivity index (χ0) is 20.3. The molecule has 1 aliphatic heterocycles. The largest absolute Gasteiger partial charge is 0.504 e. The Labute approximate surface area is 186 Å². The summed E-state index contributed by atoms with van der Waals surface area (Å²) in [6.07, 6.45) is 0. The van der Waals surface area contributed by atoms with Gasteiger partial charge < -0.3 is 20.4 Å². The number of carbonyl (C=O) groups excluding carboxylic acids is 2. The SMILES string of the molecule is Cl.Cl.O=C(CN1CCN(CC(=O)c2ccc(O)c(O)c2)CC1)c1ccc(O)c(O)c1. The van der Waals surface area contributed by atoms with Crippen molar-refractivity contribution in [3.8, 4) is 23.0 Å². The Kier molecular flexibility index (Phi) is 9.38. The Balaban J connectivity index is 0.00000225. The van der Waals surface area contributed by atoms with Crippen molar-refractivity contribution in [1.82, 2.24) is 9.80 Å². The minimum Gasteiger partial charge on any atom is -0.504 e. The van der Waals surface area contributed by atoms with Gasteiger partial charge in [0.25, 0.3) is 0 Å². The van der Waals surface area contributed by atoms with Crippen LogP contribution >= 0.6 is 24.8 Å². The van der Waals surface area contributed by atoms with Gasteiger partial charge >= 0.3 is 0 Å². The Morgan fingerprint density at radius 1 is 0.633 bits per heavy atom. The molecule has 1 fully saturated rings. The molecule has 1 aliphatic rings. The van der Waals surface area contributed by atoms with Crippen LogP contribution in [-0.2, 0) is 0 Å². The molecule has 2 aromatic rings. The molecule has 164 valence electrons. The van der Waals surface area contributed by atoms with E-state index in [2.05, 4.69) is 0 Å². The van der Waals surface area contributed by atoms with Crippen LogP contribution in [0.4, 0.5) is 0 Å². The Bertz CT molecular complexity index is 827. The highest BCUT2D eigenvalue weighted by molar-refractivity contribution is 5.98. The average molecular weight is 459 g/mol. The van der Waals surface area contributed by atoms with Gasteiger partial charge in [0.1, 0.15) is 0 Å². The first kappa shape index (κ1) is 25.5. The van der Waals surface area contributed by atoms with Crippen LogP contribution in [0.1, 0.15) is 20.7 Å². The van der Waals surface area contributed by atoms with Crippen LogP contribution in [0.15, 0.2) is 36.4 Å². The van der Waals surface area contributed by atoms with Gasteiger partial charge in [0.05, 0.1) is 13.1 Å². The van der Waals surface area contributed by atoms with Gasteiger partial charge in [-0.15, -0.1) is 24.8 Å². The Morgan fingerprint density at radius 3 is 1.27 bits per heavy atom. The number of hydrogen-bond donors (Lipinski definition) is 4. The number of piperazine rings is 1. The van der Waals surface area contributed by atoms with Crippen molar-refractivity contribution < 1.29 is 30.0 Å². The second kappa shape index (κ2) is 11.0. The van der Waals surface area contributed by atoms with E-state index in [1.54, 1.807) is 0 Å². The van der Waals surface area contributed by atoms with Gasteiger partial charge in [0, 0.05) is 37.3 Å². The van der Waals surface area contributed by atoms with Crippen molar-refractivity contribution in [3.63, 3.8) is 0 Å². The molecule has 0 saturated carbocycles. The minimum atomic E-state index is -0.325. The fourth-order valence-electron chi connectivity index (χ4n) is 3.09. The molecule has 4 N–H and O–H groups in total. The lowest BCUT2D eigenvalue weighted by Gasteiger charge is -2.33. The molecular formula is C20H24Cl2N2O6. The second-order valence-corrected chi connectivity index (χ2v) is 6.81. The summed E-state index contributed by atoms with van der Waals surface area (Å²) in [5, 5.41) is 37.7. The van der Waals surface area contributed by atoms with Gasteiger partial charge in [0.2, 0.25) is 0 Å². The smallest absolute Gasteiger partial charge is 0.176 e. The zero-order valence-corrected chi connectivity index (χ0v) is 17.7. The van der Waals surface area contributed by atoms with E-state index in [-0.39, 0.29) is 72.5 Å². The van der Waals surface area contributed by atoms with Crippen molar-refractivity contribution in [2.24, 2.45) is 0 Å². The molecule has 0 bridgehead atoms. The van der Waals surface area contributed by atoms with E-state index in [4.69, 9.17) is 0 Å². The summed E-state index contributed by atoms with van der Waals surface area (Å²) < 4.78 is 0. The van der Waals surface area contributed by atoms with E-state index in [1.165, 1.54) is 36.4 Å². The molecule has 2 aromatic carbocycles. The van der Waals surface area contributed by atoms with Crippen LogP contribution < -0.4 is 0 Å². The van der Waals surface area contributed by atoms with Gasteiger partial charge in [-0.1, -0.05) is 0 Å². The Hall–Kier alpha value is -2.52. The quantitative estimate of drug-likeness (QED) is 0.383. The maximum Gasteiger partial charge on any atom is 0.176 e. The van der Waals surface area contributed by atoms with Gasteiger partial charge in [0.15, 0.2) is 34.6 Å². The van der Waals surface area contributed by atoms with E-state index >= 15 is 0 Å². The van der Waals surface area contributed by atoms with E-state index in [0.717, 1.165) is 0 Å². The van der Waals surface area contributed by atoms with Crippen molar-refractivity contribution >= 4 is 36.4 Å². The number of rotatable bonds is 6. The molecule has 0 atom stereocenters. The van der Waals surface area contributed by atoms with E-state index in [0.29, 0.717) is 37.3 Å².